The van der Waals surface area contributed by atoms with E-state index < -0.39 is 0 Å². The Balaban J connectivity index is 1.84. The van der Waals surface area contributed by atoms with Crippen LogP contribution in [0.4, 0.5) is 5.82 Å². The van der Waals surface area contributed by atoms with Crippen LogP contribution in [0.1, 0.15) is 57.6 Å². The normalized spacial score (nSPS) is 10.9. The molecule has 4 nitrogen and oxygen atoms in total. The summed E-state index contributed by atoms with van der Waals surface area (Å²) < 4.78 is 5.39. The molecule has 114 valence electrons. The summed E-state index contributed by atoms with van der Waals surface area (Å²) in [6.45, 7) is 2.24. The van der Waals surface area contributed by atoms with E-state index in [-0.39, 0.29) is 0 Å². The number of nitrogens with zero attached hydrogens (tertiary/aromatic N) is 2. The fourth-order valence-corrected chi connectivity index (χ4v) is 2.57. The van der Waals surface area contributed by atoms with E-state index in [0.29, 0.717) is 5.82 Å². The van der Waals surface area contributed by atoms with E-state index in [9.17, 15) is 0 Å². The Kier molecular flexibility index (Phi) is 6.25. The number of hydrogen-bond acceptors (Lipinski definition) is 4. The summed E-state index contributed by atoms with van der Waals surface area (Å²) >= 11 is 0. The van der Waals surface area contributed by atoms with Crippen molar-refractivity contribution in [3.05, 3.63) is 30.3 Å². The maximum absolute atomic E-state index is 5.93. The van der Waals surface area contributed by atoms with Crippen molar-refractivity contribution in [2.45, 2.75) is 58.3 Å². The molecule has 2 heterocycles. The Morgan fingerprint density at radius 3 is 2.57 bits per heavy atom. The highest BCUT2D eigenvalue weighted by Crippen LogP contribution is 2.30. The molecule has 0 radical (unpaired) electrons. The van der Waals surface area contributed by atoms with Crippen LogP contribution in [0, 0.1) is 0 Å². The number of rotatable bonds is 9. The molecule has 2 rings (SSSR count). The minimum Gasteiger partial charge on any atom is -0.380 e. The molecule has 0 aliphatic heterocycles. The molecule has 0 saturated heterocycles. The molecule has 0 aliphatic rings. The summed E-state index contributed by atoms with van der Waals surface area (Å²) in [7, 11) is 0. The van der Waals surface area contributed by atoms with Crippen molar-refractivity contribution >= 4 is 5.82 Å². The van der Waals surface area contributed by atoms with Crippen LogP contribution in [-0.4, -0.2) is 10.1 Å². The van der Waals surface area contributed by atoms with Gasteiger partial charge in [-0.1, -0.05) is 56.7 Å². The summed E-state index contributed by atoms with van der Waals surface area (Å²) in [5, 5.41) is 3.91. The van der Waals surface area contributed by atoms with Crippen LogP contribution < -0.4 is 5.73 Å². The largest absolute Gasteiger partial charge is 0.380 e. The number of hydrogen-bond donors (Lipinski definition) is 1. The van der Waals surface area contributed by atoms with E-state index in [4.69, 9.17) is 10.3 Å². The van der Waals surface area contributed by atoms with Crippen LogP contribution in [0.2, 0.25) is 0 Å². The average molecular weight is 287 g/mol. The number of unbranched alkanes of at least 4 members (excludes halogenated alkanes) is 6. The topological polar surface area (TPSA) is 64.9 Å². The van der Waals surface area contributed by atoms with Gasteiger partial charge in [-0.2, -0.15) is 0 Å². The van der Waals surface area contributed by atoms with Crippen LogP contribution in [0.25, 0.3) is 11.1 Å². The van der Waals surface area contributed by atoms with Crippen molar-refractivity contribution in [2.24, 2.45) is 0 Å². The number of pyridine rings is 1. The van der Waals surface area contributed by atoms with E-state index >= 15 is 0 Å². The number of aryl methyl sites for hydroxylation is 1. The van der Waals surface area contributed by atoms with Gasteiger partial charge in [0.25, 0.3) is 0 Å². The van der Waals surface area contributed by atoms with Crippen molar-refractivity contribution in [1.82, 2.24) is 10.1 Å². The number of anilines is 1. The first-order valence-electron chi connectivity index (χ1n) is 7.97. The molecule has 2 aromatic rings. The summed E-state index contributed by atoms with van der Waals surface area (Å²) in [6.07, 6.45) is 13.4. The van der Waals surface area contributed by atoms with Gasteiger partial charge in [-0.25, -0.2) is 0 Å². The van der Waals surface area contributed by atoms with Gasteiger partial charge in [0.05, 0.1) is 5.56 Å². The molecule has 0 atom stereocenters. The standard InChI is InChI=1S/C17H25N3O/c1-2-3-4-5-6-7-8-11-15-16(17(18)20-21-15)14-10-9-12-19-13-14/h9-10,12-13H,2-8,11H2,1H3,(H2,18,20). The van der Waals surface area contributed by atoms with E-state index in [2.05, 4.69) is 17.1 Å². The fourth-order valence-electron chi connectivity index (χ4n) is 2.57. The predicted molar refractivity (Wildman–Crippen MR) is 85.8 cm³/mol. The Labute approximate surface area is 126 Å². The lowest BCUT2D eigenvalue weighted by atomic mass is 10.0. The average Bonchev–Trinajstić information content (AvgIpc) is 2.88. The highest BCUT2D eigenvalue weighted by Gasteiger charge is 2.15. The summed E-state index contributed by atoms with van der Waals surface area (Å²) in [4.78, 5) is 4.14. The van der Waals surface area contributed by atoms with Crippen molar-refractivity contribution in [3.8, 4) is 11.1 Å². The maximum Gasteiger partial charge on any atom is 0.175 e. The zero-order valence-corrected chi connectivity index (χ0v) is 12.8. The molecule has 0 spiro atoms. The molecule has 21 heavy (non-hydrogen) atoms. The van der Waals surface area contributed by atoms with Gasteiger partial charge < -0.3 is 10.3 Å². The second-order valence-corrected chi connectivity index (χ2v) is 5.48. The van der Waals surface area contributed by atoms with Crippen LogP contribution in [0.15, 0.2) is 29.0 Å². The number of nitrogen functional groups attached to an aromatic ring is 1. The first-order chi connectivity index (χ1) is 10.3. The van der Waals surface area contributed by atoms with E-state index in [1.807, 2.05) is 12.1 Å². The van der Waals surface area contributed by atoms with Crippen LogP contribution in [0.3, 0.4) is 0 Å². The Morgan fingerprint density at radius 2 is 1.86 bits per heavy atom. The lowest BCUT2D eigenvalue weighted by molar-refractivity contribution is 0.381. The summed E-state index contributed by atoms with van der Waals surface area (Å²) in [5.41, 5.74) is 7.82. The van der Waals surface area contributed by atoms with Gasteiger partial charge in [0.1, 0.15) is 5.76 Å². The van der Waals surface area contributed by atoms with Gasteiger partial charge in [-0.15, -0.1) is 0 Å². The molecule has 2 N–H and O–H groups in total. The van der Waals surface area contributed by atoms with Crippen LogP contribution in [-0.2, 0) is 6.42 Å². The van der Waals surface area contributed by atoms with Crippen LogP contribution in [0.5, 0.6) is 0 Å². The fraction of sp³-hybridized carbons (Fsp3) is 0.529. The highest BCUT2D eigenvalue weighted by atomic mass is 16.5. The second-order valence-electron chi connectivity index (χ2n) is 5.48. The Bertz CT molecular complexity index is 522. The zero-order valence-electron chi connectivity index (χ0n) is 12.8. The molecule has 0 aliphatic carbocycles. The molecule has 2 aromatic heterocycles. The molecule has 0 bridgehead atoms. The number of aromatic nitrogens is 2. The molecule has 0 aromatic carbocycles. The molecule has 0 fully saturated rings. The van der Waals surface area contributed by atoms with Gasteiger partial charge in [0.15, 0.2) is 5.82 Å². The van der Waals surface area contributed by atoms with Crippen molar-refractivity contribution in [1.29, 1.82) is 0 Å². The van der Waals surface area contributed by atoms with E-state index in [1.165, 1.54) is 38.5 Å². The first kappa shape index (κ1) is 15.5. The van der Waals surface area contributed by atoms with Gasteiger partial charge in [-0.3, -0.25) is 4.98 Å². The molecular weight excluding hydrogens is 262 g/mol. The first-order valence-corrected chi connectivity index (χ1v) is 7.97. The van der Waals surface area contributed by atoms with Crippen molar-refractivity contribution < 1.29 is 4.52 Å². The summed E-state index contributed by atoms with van der Waals surface area (Å²) in [6, 6.07) is 3.89. The molecular formula is C17H25N3O. The second kappa shape index (κ2) is 8.45. The van der Waals surface area contributed by atoms with Gasteiger partial charge >= 0.3 is 0 Å². The maximum atomic E-state index is 5.93. The van der Waals surface area contributed by atoms with Crippen molar-refractivity contribution in [3.63, 3.8) is 0 Å². The van der Waals surface area contributed by atoms with E-state index in [1.54, 1.807) is 12.4 Å². The van der Waals surface area contributed by atoms with Gasteiger partial charge in [0.2, 0.25) is 0 Å². The Hall–Kier alpha value is -1.84. The third kappa shape index (κ3) is 4.59. The summed E-state index contributed by atoms with van der Waals surface area (Å²) in [5.74, 6) is 1.34. The minimum atomic E-state index is 0.459. The third-order valence-electron chi connectivity index (χ3n) is 3.75. The zero-order chi connectivity index (χ0) is 14.9. The quantitative estimate of drug-likeness (QED) is 0.684. The highest BCUT2D eigenvalue weighted by molar-refractivity contribution is 5.74. The molecule has 0 amide bonds. The monoisotopic (exact) mass is 287 g/mol. The lowest BCUT2D eigenvalue weighted by Crippen LogP contribution is -1.92. The number of nitrogens with two attached hydrogens (primary N) is 1. The minimum absolute atomic E-state index is 0.459. The predicted octanol–water partition coefficient (Wildman–Crippen LogP) is 4.61. The lowest BCUT2D eigenvalue weighted by Gasteiger charge is -2.03. The third-order valence-corrected chi connectivity index (χ3v) is 3.75. The molecule has 0 saturated carbocycles. The smallest absolute Gasteiger partial charge is 0.175 e. The van der Waals surface area contributed by atoms with Gasteiger partial charge in [0, 0.05) is 24.4 Å². The molecule has 0 unspecified atom stereocenters. The van der Waals surface area contributed by atoms with Crippen LogP contribution >= 0.6 is 0 Å². The van der Waals surface area contributed by atoms with Crippen molar-refractivity contribution in [2.75, 3.05) is 5.73 Å². The molecule has 4 heteroatoms. The van der Waals surface area contributed by atoms with E-state index in [0.717, 1.165) is 29.7 Å². The van der Waals surface area contributed by atoms with Gasteiger partial charge in [-0.05, 0) is 12.5 Å². The SMILES string of the molecule is CCCCCCCCCc1onc(N)c1-c1cccnc1. The Morgan fingerprint density at radius 1 is 1.10 bits per heavy atom.